The van der Waals surface area contributed by atoms with E-state index in [9.17, 15) is 9.90 Å². The molecule has 2 unspecified atom stereocenters. The molecule has 1 amide bonds. The van der Waals surface area contributed by atoms with E-state index in [1.165, 1.54) is 6.26 Å². The minimum atomic E-state index is -0.834. The van der Waals surface area contributed by atoms with E-state index in [2.05, 4.69) is 5.32 Å². The topological polar surface area (TPSA) is 65.7 Å². The van der Waals surface area contributed by atoms with Gasteiger partial charge in [-0.15, -0.1) is 12.4 Å². The van der Waals surface area contributed by atoms with Crippen molar-refractivity contribution in [2.75, 3.05) is 20.1 Å². The number of nitrogens with one attached hydrogen (secondary N) is 1. The largest absolute Gasteiger partial charge is 0.467 e. The Balaban J connectivity index is 0.00000288. The van der Waals surface area contributed by atoms with Crippen LogP contribution in [0, 0.1) is 5.92 Å². The van der Waals surface area contributed by atoms with Crippen molar-refractivity contribution < 1.29 is 14.3 Å². The molecule has 0 bridgehead atoms. The summed E-state index contributed by atoms with van der Waals surface area (Å²) in [6, 6.07) is 13.2. The fourth-order valence-corrected chi connectivity index (χ4v) is 2.52. The van der Waals surface area contributed by atoms with Crippen LogP contribution >= 0.6 is 12.4 Å². The van der Waals surface area contributed by atoms with E-state index < -0.39 is 6.10 Å². The molecule has 6 heteroatoms. The third-order valence-corrected chi connectivity index (χ3v) is 3.72. The van der Waals surface area contributed by atoms with Gasteiger partial charge >= 0.3 is 0 Å². The first-order valence-electron chi connectivity index (χ1n) is 7.80. The standard InChI is InChI=1S/C18H24N2O3.ClH/c1-14(11-19-2)18(22)20(12-15-7-4-3-5-8-15)13-16(21)17-9-6-10-23-17;/h3-10,14,16,19,21H,11-13H2,1-2H3;1H. The molecule has 0 spiro atoms. The zero-order chi connectivity index (χ0) is 16.7. The van der Waals surface area contributed by atoms with E-state index in [4.69, 9.17) is 4.42 Å². The Morgan fingerprint density at radius 1 is 1.25 bits per heavy atom. The summed E-state index contributed by atoms with van der Waals surface area (Å²) in [5.74, 6) is 0.318. The number of benzene rings is 1. The molecule has 132 valence electrons. The Hall–Kier alpha value is -1.82. The number of carbonyl (C=O) groups excluding carboxylic acids is 1. The number of hydrogen-bond donors (Lipinski definition) is 2. The number of aliphatic hydroxyl groups is 1. The number of rotatable bonds is 8. The molecular weight excluding hydrogens is 328 g/mol. The molecule has 1 aromatic carbocycles. The van der Waals surface area contributed by atoms with Gasteiger partial charge in [-0.2, -0.15) is 0 Å². The van der Waals surface area contributed by atoms with Crippen molar-refractivity contribution in [3.05, 3.63) is 60.1 Å². The molecule has 0 saturated heterocycles. The number of nitrogens with zero attached hydrogens (tertiary/aromatic N) is 1. The summed E-state index contributed by atoms with van der Waals surface area (Å²) in [7, 11) is 1.82. The average Bonchev–Trinajstić information content (AvgIpc) is 3.09. The SMILES string of the molecule is CNCC(C)C(=O)N(Cc1ccccc1)CC(O)c1ccco1.Cl. The second kappa shape index (κ2) is 10.1. The lowest BCUT2D eigenvalue weighted by atomic mass is 10.1. The fourth-order valence-electron chi connectivity index (χ4n) is 2.52. The molecule has 2 rings (SSSR count). The third-order valence-electron chi connectivity index (χ3n) is 3.72. The maximum atomic E-state index is 12.7. The van der Waals surface area contributed by atoms with Crippen LogP contribution in [0.25, 0.3) is 0 Å². The highest BCUT2D eigenvalue weighted by Crippen LogP contribution is 2.18. The van der Waals surface area contributed by atoms with Crippen molar-refractivity contribution in [2.45, 2.75) is 19.6 Å². The van der Waals surface area contributed by atoms with Crippen LogP contribution in [-0.4, -0.2) is 36.1 Å². The Labute approximate surface area is 149 Å². The molecule has 1 aromatic heterocycles. The fraction of sp³-hybridized carbons (Fsp3) is 0.389. The molecule has 0 aliphatic rings. The van der Waals surface area contributed by atoms with Crippen LogP contribution < -0.4 is 5.32 Å². The summed E-state index contributed by atoms with van der Waals surface area (Å²) in [5.41, 5.74) is 1.03. The summed E-state index contributed by atoms with van der Waals surface area (Å²) >= 11 is 0. The number of aliphatic hydroxyl groups excluding tert-OH is 1. The van der Waals surface area contributed by atoms with Gasteiger partial charge in [0.1, 0.15) is 11.9 Å². The molecule has 0 radical (unpaired) electrons. The van der Waals surface area contributed by atoms with Crippen molar-refractivity contribution in [2.24, 2.45) is 5.92 Å². The quantitative estimate of drug-likeness (QED) is 0.766. The van der Waals surface area contributed by atoms with Gasteiger partial charge < -0.3 is 19.7 Å². The summed E-state index contributed by atoms with van der Waals surface area (Å²) in [4.78, 5) is 14.4. The van der Waals surface area contributed by atoms with Crippen molar-refractivity contribution in [3.8, 4) is 0 Å². The molecule has 0 saturated carbocycles. The number of amides is 1. The monoisotopic (exact) mass is 352 g/mol. The lowest BCUT2D eigenvalue weighted by Crippen LogP contribution is -2.40. The molecule has 5 nitrogen and oxygen atoms in total. The van der Waals surface area contributed by atoms with Crippen LogP contribution in [0.15, 0.2) is 53.1 Å². The van der Waals surface area contributed by atoms with Crippen molar-refractivity contribution in [3.63, 3.8) is 0 Å². The molecular formula is C18H25ClN2O3. The Morgan fingerprint density at radius 2 is 1.96 bits per heavy atom. The van der Waals surface area contributed by atoms with E-state index in [1.54, 1.807) is 17.0 Å². The normalized spacial score (nSPS) is 13.0. The van der Waals surface area contributed by atoms with Crippen LogP contribution in [0.4, 0.5) is 0 Å². The van der Waals surface area contributed by atoms with E-state index in [1.807, 2.05) is 44.3 Å². The van der Waals surface area contributed by atoms with Crippen LogP contribution in [0.5, 0.6) is 0 Å². The Kier molecular flexibility index (Phi) is 8.54. The minimum absolute atomic E-state index is 0. The number of carbonyl (C=O) groups is 1. The van der Waals surface area contributed by atoms with Crippen LogP contribution in [0.3, 0.4) is 0 Å². The maximum absolute atomic E-state index is 12.7. The van der Waals surface area contributed by atoms with Gasteiger partial charge in [-0.3, -0.25) is 4.79 Å². The Bertz CT molecular complexity index is 590. The van der Waals surface area contributed by atoms with E-state index in [0.717, 1.165) is 5.56 Å². The highest BCUT2D eigenvalue weighted by molar-refractivity contribution is 5.85. The molecule has 2 N–H and O–H groups in total. The van der Waals surface area contributed by atoms with E-state index in [0.29, 0.717) is 18.8 Å². The van der Waals surface area contributed by atoms with Gasteiger partial charge in [-0.1, -0.05) is 37.3 Å². The lowest BCUT2D eigenvalue weighted by Gasteiger charge is -2.27. The highest BCUT2D eigenvalue weighted by Gasteiger charge is 2.24. The number of furan rings is 1. The first kappa shape index (κ1) is 20.2. The van der Waals surface area contributed by atoms with Gasteiger partial charge in [0.25, 0.3) is 0 Å². The third kappa shape index (κ3) is 5.67. The summed E-state index contributed by atoms with van der Waals surface area (Å²) in [6.45, 7) is 3.15. The van der Waals surface area contributed by atoms with Gasteiger partial charge in [-0.05, 0) is 24.7 Å². The molecule has 24 heavy (non-hydrogen) atoms. The highest BCUT2D eigenvalue weighted by atomic mass is 35.5. The molecule has 0 fully saturated rings. The number of hydrogen-bond acceptors (Lipinski definition) is 4. The van der Waals surface area contributed by atoms with Gasteiger partial charge in [0.15, 0.2) is 0 Å². The predicted octanol–water partition coefficient (Wildman–Crippen LogP) is 2.62. The van der Waals surface area contributed by atoms with E-state index >= 15 is 0 Å². The van der Waals surface area contributed by atoms with Crippen LogP contribution in [-0.2, 0) is 11.3 Å². The molecule has 0 aliphatic carbocycles. The van der Waals surface area contributed by atoms with Crippen molar-refractivity contribution in [1.82, 2.24) is 10.2 Å². The second-order valence-corrected chi connectivity index (χ2v) is 5.69. The summed E-state index contributed by atoms with van der Waals surface area (Å²) in [6.07, 6.45) is 0.686. The average molecular weight is 353 g/mol. The zero-order valence-corrected chi connectivity index (χ0v) is 14.8. The summed E-state index contributed by atoms with van der Waals surface area (Å²) in [5, 5.41) is 13.3. The van der Waals surface area contributed by atoms with Gasteiger partial charge in [0.05, 0.1) is 12.8 Å². The lowest BCUT2D eigenvalue weighted by molar-refractivity contribution is -0.137. The first-order valence-corrected chi connectivity index (χ1v) is 7.80. The zero-order valence-electron chi connectivity index (χ0n) is 14.0. The van der Waals surface area contributed by atoms with Crippen molar-refractivity contribution >= 4 is 18.3 Å². The summed E-state index contributed by atoms with van der Waals surface area (Å²) < 4.78 is 5.23. The molecule has 2 atom stereocenters. The predicted molar refractivity (Wildman–Crippen MR) is 95.9 cm³/mol. The molecule has 2 aromatic rings. The van der Waals surface area contributed by atoms with Gasteiger partial charge in [0, 0.05) is 19.0 Å². The Morgan fingerprint density at radius 3 is 2.54 bits per heavy atom. The smallest absolute Gasteiger partial charge is 0.227 e. The van der Waals surface area contributed by atoms with Crippen LogP contribution in [0.2, 0.25) is 0 Å². The number of halogens is 1. The van der Waals surface area contributed by atoms with Gasteiger partial charge in [0.2, 0.25) is 5.91 Å². The van der Waals surface area contributed by atoms with Gasteiger partial charge in [-0.25, -0.2) is 0 Å². The molecule has 0 aliphatic heterocycles. The van der Waals surface area contributed by atoms with Crippen molar-refractivity contribution in [1.29, 1.82) is 0 Å². The maximum Gasteiger partial charge on any atom is 0.227 e. The second-order valence-electron chi connectivity index (χ2n) is 5.69. The minimum Gasteiger partial charge on any atom is -0.467 e. The van der Waals surface area contributed by atoms with Crippen LogP contribution in [0.1, 0.15) is 24.4 Å². The first-order chi connectivity index (χ1) is 11.1. The van der Waals surface area contributed by atoms with E-state index in [-0.39, 0.29) is 30.8 Å². The molecule has 1 heterocycles.